The van der Waals surface area contributed by atoms with Crippen LogP contribution >= 0.6 is 0 Å². The van der Waals surface area contributed by atoms with Crippen LogP contribution in [0.25, 0.3) is 0 Å². The summed E-state index contributed by atoms with van der Waals surface area (Å²) < 4.78 is 0. The smallest absolute Gasteiger partial charge is 0.0993 e. The van der Waals surface area contributed by atoms with Gasteiger partial charge in [0.15, 0.2) is 0 Å². The first-order chi connectivity index (χ1) is 6.88. The van der Waals surface area contributed by atoms with Crippen molar-refractivity contribution < 1.29 is 0 Å². The molecule has 1 rings (SSSR count). The van der Waals surface area contributed by atoms with Crippen LogP contribution in [-0.4, -0.2) is 22.0 Å². The second kappa shape index (κ2) is 6.54. The highest BCUT2D eigenvalue weighted by Gasteiger charge is 2.11. The fraction of sp³-hybridized carbons (Fsp3) is 0.800. The van der Waals surface area contributed by atoms with Crippen LogP contribution in [0.15, 0.2) is 6.20 Å². The van der Waals surface area contributed by atoms with Crippen LogP contribution in [0.5, 0.6) is 0 Å². The van der Waals surface area contributed by atoms with Crippen LogP contribution in [0.1, 0.15) is 51.3 Å². The average molecular weight is 196 g/mol. The Morgan fingerprint density at radius 1 is 1.43 bits per heavy atom. The SMILES string of the molecule is CCCCCC(NCC)c1cn[nH]n1. The molecule has 0 aromatic carbocycles. The second-order valence-corrected chi connectivity index (χ2v) is 3.50. The van der Waals surface area contributed by atoms with Crippen LogP contribution in [0.3, 0.4) is 0 Å². The summed E-state index contributed by atoms with van der Waals surface area (Å²) in [5, 5.41) is 14.0. The second-order valence-electron chi connectivity index (χ2n) is 3.50. The molecule has 14 heavy (non-hydrogen) atoms. The van der Waals surface area contributed by atoms with Gasteiger partial charge in [-0.25, -0.2) is 0 Å². The van der Waals surface area contributed by atoms with Crippen LogP contribution in [0, 0.1) is 0 Å². The minimum atomic E-state index is 0.366. The zero-order chi connectivity index (χ0) is 10.2. The third-order valence-electron chi connectivity index (χ3n) is 2.34. The number of nitrogens with one attached hydrogen (secondary N) is 2. The van der Waals surface area contributed by atoms with Crippen molar-refractivity contribution in [3.63, 3.8) is 0 Å². The van der Waals surface area contributed by atoms with Gasteiger partial charge in [-0.3, -0.25) is 0 Å². The van der Waals surface area contributed by atoms with E-state index in [0.717, 1.165) is 18.7 Å². The zero-order valence-electron chi connectivity index (χ0n) is 9.08. The minimum Gasteiger partial charge on any atom is -0.309 e. The van der Waals surface area contributed by atoms with Gasteiger partial charge in [-0.2, -0.15) is 15.4 Å². The van der Waals surface area contributed by atoms with E-state index in [0.29, 0.717) is 6.04 Å². The van der Waals surface area contributed by atoms with Gasteiger partial charge in [0.2, 0.25) is 0 Å². The maximum absolute atomic E-state index is 4.12. The molecule has 0 amide bonds. The number of aromatic amines is 1. The molecule has 0 aliphatic rings. The Kier molecular flexibility index (Phi) is 5.22. The molecular weight excluding hydrogens is 176 g/mol. The highest BCUT2D eigenvalue weighted by Crippen LogP contribution is 2.16. The number of nitrogens with zero attached hydrogens (tertiary/aromatic N) is 2. The van der Waals surface area contributed by atoms with Crippen LogP contribution in [0.2, 0.25) is 0 Å². The first-order valence-electron chi connectivity index (χ1n) is 5.47. The van der Waals surface area contributed by atoms with E-state index in [4.69, 9.17) is 0 Å². The lowest BCUT2D eigenvalue weighted by atomic mass is 10.1. The highest BCUT2D eigenvalue weighted by atomic mass is 15.3. The van der Waals surface area contributed by atoms with Crippen molar-refractivity contribution in [2.75, 3.05) is 6.54 Å². The van der Waals surface area contributed by atoms with E-state index in [2.05, 4.69) is 34.6 Å². The molecule has 1 heterocycles. The van der Waals surface area contributed by atoms with Crippen molar-refractivity contribution in [3.05, 3.63) is 11.9 Å². The van der Waals surface area contributed by atoms with E-state index < -0.39 is 0 Å². The first-order valence-corrected chi connectivity index (χ1v) is 5.47. The summed E-state index contributed by atoms with van der Waals surface area (Å²) in [6, 6.07) is 0.366. The number of H-pyrrole nitrogens is 1. The van der Waals surface area contributed by atoms with Crippen molar-refractivity contribution in [2.45, 2.75) is 45.6 Å². The normalized spacial score (nSPS) is 13.0. The summed E-state index contributed by atoms with van der Waals surface area (Å²) in [7, 11) is 0. The van der Waals surface area contributed by atoms with Gasteiger partial charge in [0.1, 0.15) is 0 Å². The number of hydrogen-bond acceptors (Lipinski definition) is 3. The lowest BCUT2D eigenvalue weighted by Gasteiger charge is -2.14. The molecule has 2 N–H and O–H groups in total. The predicted octanol–water partition coefficient (Wildman–Crippen LogP) is 2.04. The lowest BCUT2D eigenvalue weighted by molar-refractivity contribution is 0.476. The molecule has 0 fully saturated rings. The molecule has 0 aliphatic heterocycles. The molecule has 4 nitrogen and oxygen atoms in total. The molecule has 4 heteroatoms. The fourth-order valence-electron chi connectivity index (χ4n) is 1.58. The van der Waals surface area contributed by atoms with Crippen molar-refractivity contribution >= 4 is 0 Å². The van der Waals surface area contributed by atoms with Gasteiger partial charge < -0.3 is 5.32 Å². The van der Waals surface area contributed by atoms with E-state index in [1.165, 1.54) is 19.3 Å². The van der Waals surface area contributed by atoms with E-state index in [1.807, 2.05) is 0 Å². The quantitative estimate of drug-likeness (QED) is 0.656. The highest BCUT2D eigenvalue weighted by molar-refractivity contribution is 4.99. The lowest BCUT2D eigenvalue weighted by Crippen LogP contribution is -2.21. The van der Waals surface area contributed by atoms with Crippen LogP contribution < -0.4 is 5.32 Å². The van der Waals surface area contributed by atoms with Gasteiger partial charge in [0.05, 0.1) is 17.9 Å². The van der Waals surface area contributed by atoms with Gasteiger partial charge in [-0.1, -0.05) is 33.1 Å². The summed E-state index contributed by atoms with van der Waals surface area (Å²) in [5.41, 5.74) is 1.03. The van der Waals surface area contributed by atoms with Crippen LogP contribution in [0.4, 0.5) is 0 Å². The molecule has 0 radical (unpaired) electrons. The molecule has 0 aliphatic carbocycles. The number of hydrogen-bond donors (Lipinski definition) is 2. The summed E-state index contributed by atoms with van der Waals surface area (Å²) in [4.78, 5) is 0. The van der Waals surface area contributed by atoms with E-state index >= 15 is 0 Å². The Morgan fingerprint density at radius 3 is 2.86 bits per heavy atom. The first kappa shape index (κ1) is 11.2. The molecule has 1 atom stereocenters. The predicted molar refractivity (Wildman–Crippen MR) is 56.9 cm³/mol. The Morgan fingerprint density at radius 2 is 2.29 bits per heavy atom. The Balaban J connectivity index is 2.39. The monoisotopic (exact) mass is 196 g/mol. The molecule has 0 bridgehead atoms. The minimum absolute atomic E-state index is 0.366. The average Bonchev–Trinajstić information content (AvgIpc) is 2.70. The number of rotatable bonds is 7. The topological polar surface area (TPSA) is 53.6 Å². The Hall–Kier alpha value is -0.900. The van der Waals surface area contributed by atoms with Gasteiger partial charge >= 0.3 is 0 Å². The van der Waals surface area contributed by atoms with Crippen molar-refractivity contribution in [1.82, 2.24) is 20.7 Å². The largest absolute Gasteiger partial charge is 0.309 e. The van der Waals surface area contributed by atoms with E-state index in [-0.39, 0.29) is 0 Å². The van der Waals surface area contributed by atoms with Crippen molar-refractivity contribution in [1.29, 1.82) is 0 Å². The van der Waals surface area contributed by atoms with Crippen molar-refractivity contribution in [2.24, 2.45) is 0 Å². The summed E-state index contributed by atoms with van der Waals surface area (Å²) in [6.45, 7) is 5.31. The summed E-state index contributed by atoms with van der Waals surface area (Å²) >= 11 is 0. The molecule has 1 aromatic heterocycles. The summed E-state index contributed by atoms with van der Waals surface area (Å²) in [6.07, 6.45) is 6.76. The standard InChI is InChI=1S/C10H20N4/c1-3-5-6-7-9(11-4-2)10-8-12-14-13-10/h8-9,11H,3-7H2,1-2H3,(H,12,13,14). The zero-order valence-corrected chi connectivity index (χ0v) is 9.08. The van der Waals surface area contributed by atoms with Gasteiger partial charge in [-0.15, -0.1) is 0 Å². The molecule has 80 valence electrons. The maximum Gasteiger partial charge on any atom is 0.0993 e. The fourth-order valence-corrected chi connectivity index (χ4v) is 1.58. The number of aromatic nitrogens is 3. The van der Waals surface area contributed by atoms with Gasteiger partial charge in [0.25, 0.3) is 0 Å². The van der Waals surface area contributed by atoms with E-state index in [9.17, 15) is 0 Å². The molecule has 1 unspecified atom stereocenters. The Bertz CT molecular complexity index is 220. The summed E-state index contributed by atoms with van der Waals surface area (Å²) in [5.74, 6) is 0. The molecule has 1 aromatic rings. The molecular formula is C10H20N4. The number of unbranched alkanes of at least 4 members (excludes halogenated alkanes) is 2. The van der Waals surface area contributed by atoms with Crippen molar-refractivity contribution in [3.8, 4) is 0 Å². The van der Waals surface area contributed by atoms with Gasteiger partial charge in [-0.05, 0) is 13.0 Å². The molecule has 0 saturated carbocycles. The molecule has 0 saturated heterocycles. The third-order valence-corrected chi connectivity index (χ3v) is 2.34. The third kappa shape index (κ3) is 3.46. The van der Waals surface area contributed by atoms with Crippen LogP contribution in [-0.2, 0) is 0 Å². The van der Waals surface area contributed by atoms with E-state index in [1.54, 1.807) is 6.20 Å². The maximum atomic E-state index is 4.12. The van der Waals surface area contributed by atoms with Gasteiger partial charge in [0, 0.05) is 0 Å². The molecule has 0 spiro atoms. The Labute approximate surface area is 85.5 Å².